The molecule has 1 aromatic carbocycles. The summed E-state index contributed by atoms with van der Waals surface area (Å²) in [5, 5.41) is 8.11. The Balaban J connectivity index is 2.09. The van der Waals surface area contributed by atoms with Gasteiger partial charge in [-0.05, 0) is 29.8 Å². The number of benzene rings is 1. The summed E-state index contributed by atoms with van der Waals surface area (Å²) < 4.78 is 13.6. The summed E-state index contributed by atoms with van der Waals surface area (Å²) in [7, 11) is 0. The van der Waals surface area contributed by atoms with Crippen LogP contribution in [0.4, 0.5) is 4.39 Å². The Morgan fingerprint density at radius 1 is 1.18 bits per heavy atom. The van der Waals surface area contributed by atoms with E-state index in [-0.39, 0.29) is 11.5 Å². The quantitative estimate of drug-likeness (QED) is 0.529. The highest BCUT2D eigenvalue weighted by Gasteiger charge is 2.15. The molecule has 0 aliphatic heterocycles. The van der Waals surface area contributed by atoms with Crippen LogP contribution in [-0.2, 0) is 0 Å². The molecule has 0 spiro atoms. The van der Waals surface area contributed by atoms with Crippen molar-refractivity contribution in [2.75, 3.05) is 0 Å². The highest BCUT2D eigenvalue weighted by Crippen LogP contribution is 2.33. The van der Waals surface area contributed by atoms with Crippen LogP contribution < -0.4 is 5.73 Å². The summed E-state index contributed by atoms with van der Waals surface area (Å²) in [6.45, 7) is 0. The second kappa shape index (κ2) is 4.39. The van der Waals surface area contributed by atoms with Crippen LogP contribution in [0.25, 0.3) is 33.1 Å². The topological polar surface area (TPSA) is 100 Å². The first kappa shape index (κ1) is 12.5. The zero-order valence-electron chi connectivity index (χ0n) is 11.2. The molecule has 22 heavy (non-hydrogen) atoms. The lowest BCUT2D eigenvalue weighted by Crippen LogP contribution is -2.13. The molecule has 0 radical (unpaired) electrons. The van der Waals surface area contributed by atoms with Crippen LogP contribution in [0.3, 0.4) is 0 Å². The third-order valence-corrected chi connectivity index (χ3v) is 3.61. The molecule has 4 aromatic rings. The highest BCUT2D eigenvalue weighted by molar-refractivity contribution is 6.05. The number of hydrogen-bond acceptors (Lipinski definition) is 3. The van der Waals surface area contributed by atoms with Gasteiger partial charge in [0.1, 0.15) is 11.5 Å². The van der Waals surface area contributed by atoms with Crippen LogP contribution in [0.15, 0.2) is 36.7 Å². The van der Waals surface area contributed by atoms with E-state index in [1.807, 2.05) is 0 Å². The van der Waals surface area contributed by atoms with Gasteiger partial charge in [-0.25, -0.2) is 9.37 Å². The van der Waals surface area contributed by atoms with Gasteiger partial charge in [0.25, 0.3) is 5.91 Å². The smallest absolute Gasteiger partial charge is 0.267 e. The SMILES string of the molecule is NC(=O)c1cc(-c2c[nH]c3ccc(F)cc23)c2cn[nH]c2n1. The number of aromatic nitrogens is 4. The Morgan fingerprint density at radius 3 is 2.86 bits per heavy atom. The van der Waals surface area contributed by atoms with E-state index in [1.54, 1.807) is 24.5 Å². The van der Waals surface area contributed by atoms with Crippen LogP contribution in [0, 0.1) is 5.82 Å². The fourth-order valence-electron chi connectivity index (χ4n) is 2.59. The molecule has 0 bridgehead atoms. The minimum Gasteiger partial charge on any atom is -0.364 e. The minimum absolute atomic E-state index is 0.123. The number of amides is 1. The van der Waals surface area contributed by atoms with E-state index in [4.69, 9.17) is 5.73 Å². The number of rotatable bonds is 2. The molecule has 3 heterocycles. The Bertz CT molecular complexity index is 1030. The number of nitrogens with two attached hydrogens (primary N) is 1. The zero-order chi connectivity index (χ0) is 15.3. The molecule has 4 N–H and O–H groups in total. The zero-order valence-corrected chi connectivity index (χ0v) is 11.2. The van der Waals surface area contributed by atoms with E-state index in [0.29, 0.717) is 16.6 Å². The van der Waals surface area contributed by atoms with E-state index in [1.165, 1.54) is 12.1 Å². The van der Waals surface area contributed by atoms with Gasteiger partial charge in [-0.1, -0.05) is 0 Å². The van der Waals surface area contributed by atoms with Gasteiger partial charge >= 0.3 is 0 Å². The van der Waals surface area contributed by atoms with Gasteiger partial charge in [-0.2, -0.15) is 5.10 Å². The molecule has 0 unspecified atom stereocenters. The third kappa shape index (κ3) is 1.76. The maximum atomic E-state index is 13.6. The van der Waals surface area contributed by atoms with Gasteiger partial charge in [-0.3, -0.25) is 9.89 Å². The van der Waals surface area contributed by atoms with Crippen LogP contribution >= 0.6 is 0 Å². The maximum absolute atomic E-state index is 13.6. The predicted molar refractivity (Wildman–Crippen MR) is 79.7 cm³/mol. The first-order valence-corrected chi connectivity index (χ1v) is 6.54. The van der Waals surface area contributed by atoms with E-state index < -0.39 is 5.91 Å². The van der Waals surface area contributed by atoms with E-state index in [9.17, 15) is 9.18 Å². The van der Waals surface area contributed by atoms with E-state index >= 15 is 0 Å². The second-order valence-corrected chi connectivity index (χ2v) is 4.94. The molecule has 3 aromatic heterocycles. The van der Waals surface area contributed by atoms with Crippen LogP contribution in [0.5, 0.6) is 0 Å². The van der Waals surface area contributed by atoms with Crippen LogP contribution in [0.1, 0.15) is 10.5 Å². The molecule has 0 saturated heterocycles. The number of aromatic amines is 2. The fraction of sp³-hybridized carbons (Fsp3) is 0. The predicted octanol–water partition coefficient (Wildman–Crippen LogP) is 2.34. The van der Waals surface area contributed by atoms with E-state index in [2.05, 4.69) is 20.2 Å². The normalized spacial score (nSPS) is 11.3. The molecular weight excluding hydrogens is 285 g/mol. The first-order chi connectivity index (χ1) is 10.6. The van der Waals surface area contributed by atoms with Crippen molar-refractivity contribution in [1.82, 2.24) is 20.2 Å². The van der Waals surface area contributed by atoms with Crippen LogP contribution in [-0.4, -0.2) is 26.1 Å². The molecule has 7 heteroatoms. The average Bonchev–Trinajstić information content (AvgIpc) is 3.11. The average molecular weight is 295 g/mol. The van der Waals surface area contributed by atoms with E-state index in [0.717, 1.165) is 16.5 Å². The van der Waals surface area contributed by atoms with Crippen molar-refractivity contribution in [3.63, 3.8) is 0 Å². The number of carbonyl (C=O) groups is 1. The van der Waals surface area contributed by atoms with Gasteiger partial charge in [0.2, 0.25) is 0 Å². The summed E-state index contributed by atoms with van der Waals surface area (Å²) in [4.78, 5) is 18.7. The van der Waals surface area contributed by atoms with Gasteiger partial charge < -0.3 is 10.7 Å². The Labute approximate surface area is 123 Å². The molecule has 0 aliphatic carbocycles. The fourth-order valence-corrected chi connectivity index (χ4v) is 2.59. The lowest BCUT2D eigenvalue weighted by Gasteiger charge is -2.04. The lowest BCUT2D eigenvalue weighted by atomic mass is 10.0. The summed E-state index contributed by atoms with van der Waals surface area (Å²) in [5.74, 6) is -0.968. The van der Waals surface area contributed by atoms with Crippen molar-refractivity contribution in [3.8, 4) is 11.1 Å². The molecule has 6 nitrogen and oxygen atoms in total. The number of carbonyl (C=O) groups excluding carboxylic acids is 1. The monoisotopic (exact) mass is 295 g/mol. The number of H-pyrrole nitrogens is 2. The number of fused-ring (bicyclic) bond motifs is 2. The van der Waals surface area contributed by atoms with Crippen molar-refractivity contribution in [3.05, 3.63) is 48.2 Å². The molecule has 108 valence electrons. The van der Waals surface area contributed by atoms with Crippen molar-refractivity contribution in [2.45, 2.75) is 0 Å². The minimum atomic E-state index is -0.635. The van der Waals surface area contributed by atoms with Crippen molar-refractivity contribution >= 4 is 27.8 Å². The Kier molecular flexibility index (Phi) is 2.50. The number of halogens is 1. The standard InChI is InChI=1S/C15H10FN5O/c16-7-1-2-12-9(3-7)10(5-18-12)8-4-13(14(17)22)20-15-11(8)6-19-21-15/h1-6,18H,(H2,17,22)(H,19,20,21). The molecule has 0 fully saturated rings. The number of pyridine rings is 1. The van der Waals surface area contributed by atoms with Crippen molar-refractivity contribution in [1.29, 1.82) is 0 Å². The molecule has 1 amide bonds. The van der Waals surface area contributed by atoms with Crippen molar-refractivity contribution < 1.29 is 9.18 Å². The molecule has 0 aliphatic rings. The summed E-state index contributed by atoms with van der Waals surface area (Å²) in [6, 6.07) is 6.08. The molecular formula is C15H10FN5O. The van der Waals surface area contributed by atoms with Gasteiger partial charge in [0.15, 0.2) is 5.65 Å². The molecule has 4 rings (SSSR count). The van der Waals surface area contributed by atoms with Crippen molar-refractivity contribution in [2.24, 2.45) is 5.73 Å². The van der Waals surface area contributed by atoms with Gasteiger partial charge in [0, 0.05) is 28.0 Å². The van der Waals surface area contributed by atoms with Crippen LogP contribution in [0.2, 0.25) is 0 Å². The summed E-state index contributed by atoms with van der Waals surface area (Å²) in [6.07, 6.45) is 3.37. The second-order valence-electron chi connectivity index (χ2n) is 4.94. The Morgan fingerprint density at radius 2 is 2.05 bits per heavy atom. The largest absolute Gasteiger partial charge is 0.364 e. The third-order valence-electron chi connectivity index (χ3n) is 3.61. The molecule has 0 saturated carbocycles. The Hall–Kier alpha value is -3.22. The van der Waals surface area contributed by atoms with Gasteiger partial charge in [0.05, 0.1) is 6.20 Å². The van der Waals surface area contributed by atoms with Gasteiger partial charge in [-0.15, -0.1) is 0 Å². The number of nitrogens with zero attached hydrogens (tertiary/aromatic N) is 2. The summed E-state index contributed by atoms with van der Waals surface area (Å²) >= 11 is 0. The first-order valence-electron chi connectivity index (χ1n) is 6.54. The number of hydrogen-bond donors (Lipinski definition) is 3. The number of nitrogens with one attached hydrogen (secondary N) is 2. The number of primary amides is 1. The molecule has 0 atom stereocenters. The maximum Gasteiger partial charge on any atom is 0.267 e. The highest BCUT2D eigenvalue weighted by atomic mass is 19.1. The lowest BCUT2D eigenvalue weighted by molar-refractivity contribution is 0.0996. The summed E-state index contributed by atoms with van der Waals surface area (Å²) in [5.41, 5.74) is 8.17.